The minimum atomic E-state index is -0.114. The van der Waals surface area contributed by atoms with Gasteiger partial charge in [-0.2, -0.15) is 0 Å². The fourth-order valence-electron chi connectivity index (χ4n) is 0.851. The van der Waals surface area contributed by atoms with Gasteiger partial charge in [0.1, 0.15) is 5.82 Å². The molecule has 4 nitrogen and oxygen atoms in total. The van der Waals surface area contributed by atoms with Crippen molar-refractivity contribution in [2.24, 2.45) is 0 Å². The normalized spacial score (nSPS) is 10.1. The first kappa shape index (κ1) is 8.93. The van der Waals surface area contributed by atoms with Crippen LogP contribution in [0.15, 0.2) is 17.1 Å². The number of aromatic nitrogens is 2. The van der Waals surface area contributed by atoms with Crippen molar-refractivity contribution in [2.75, 3.05) is 13.2 Å². The molecule has 1 rings (SSSR count). The first-order valence-corrected chi connectivity index (χ1v) is 3.95. The zero-order valence-electron chi connectivity index (χ0n) is 7.04. The van der Waals surface area contributed by atoms with E-state index in [0.29, 0.717) is 25.5 Å². The Bertz CT molecular complexity index is 282. The summed E-state index contributed by atoms with van der Waals surface area (Å²) in [5.74, 6) is 0.677. The summed E-state index contributed by atoms with van der Waals surface area (Å²) in [6.07, 6.45) is 2.16. The lowest BCUT2D eigenvalue weighted by atomic mass is 10.4. The minimum Gasteiger partial charge on any atom is -0.381 e. The Hall–Kier alpha value is -1.16. The van der Waals surface area contributed by atoms with Gasteiger partial charge in [0, 0.05) is 25.3 Å². The van der Waals surface area contributed by atoms with Crippen molar-refractivity contribution in [3.05, 3.63) is 28.4 Å². The van der Waals surface area contributed by atoms with Gasteiger partial charge >= 0.3 is 0 Å². The summed E-state index contributed by atoms with van der Waals surface area (Å²) in [6.45, 7) is 3.22. The summed E-state index contributed by atoms with van der Waals surface area (Å²) < 4.78 is 5.12. The van der Waals surface area contributed by atoms with E-state index in [0.717, 1.165) is 0 Å². The number of H-pyrrole nitrogens is 1. The number of hydrogen-bond acceptors (Lipinski definition) is 3. The molecule has 0 aliphatic rings. The lowest BCUT2D eigenvalue weighted by molar-refractivity contribution is 0.149. The standard InChI is InChI=1S/C8H12N2O2/c1-2-12-6-4-7-9-5-3-8(11)10-7/h3,5H,2,4,6H2,1H3,(H,9,10,11). The highest BCUT2D eigenvalue weighted by Gasteiger charge is 1.93. The number of ether oxygens (including phenoxy) is 1. The van der Waals surface area contributed by atoms with E-state index in [2.05, 4.69) is 9.97 Å². The van der Waals surface area contributed by atoms with Gasteiger partial charge in [0.15, 0.2) is 0 Å². The predicted octanol–water partition coefficient (Wildman–Crippen LogP) is 0.349. The quantitative estimate of drug-likeness (QED) is 0.660. The molecule has 0 amide bonds. The summed E-state index contributed by atoms with van der Waals surface area (Å²) in [6, 6.07) is 1.39. The Morgan fingerprint density at radius 1 is 1.67 bits per heavy atom. The van der Waals surface area contributed by atoms with Crippen molar-refractivity contribution < 1.29 is 4.74 Å². The average molecular weight is 168 g/mol. The highest BCUT2D eigenvalue weighted by atomic mass is 16.5. The van der Waals surface area contributed by atoms with Crippen molar-refractivity contribution in [1.82, 2.24) is 9.97 Å². The van der Waals surface area contributed by atoms with Crippen molar-refractivity contribution in [3.8, 4) is 0 Å². The van der Waals surface area contributed by atoms with Crippen LogP contribution in [0.3, 0.4) is 0 Å². The molecular weight excluding hydrogens is 156 g/mol. The second-order valence-corrected chi connectivity index (χ2v) is 2.33. The first-order valence-electron chi connectivity index (χ1n) is 3.95. The topological polar surface area (TPSA) is 55.0 Å². The third-order valence-corrected chi connectivity index (χ3v) is 1.41. The molecule has 0 atom stereocenters. The van der Waals surface area contributed by atoms with E-state index in [1.165, 1.54) is 12.3 Å². The lowest BCUT2D eigenvalue weighted by Crippen LogP contribution is -2.10. The van der Waals surface area contributed by atoms with E-state index in [4.69, 9.17) is 4.74 Å². The molecule has 0 aliphatic carbocycles. The minimum absolute atomic E-state index is 0.114. The van der Waals surface area contributed by atoms with Crippen LogP contribution in [-0.4, -0.2) is 23.2 Å². The number of rotatable bonds is 4. The number of hydrogen-bond donors (Lipinski definition) is 1. The zero-order valence-corrected chi connectivity index (χ0v) is 7.04. The van der Waals surface area contributed by atoms with E-state index >= 15 is 0 Å². The van der Waals surface area contributed by atoms with Crippen LogP contribution in [0, 0.1) is 0 Å². The second-order valence-electron chi connectivity index (χ2n) is 2.33. The molecule has 66 valence electrons. The number of aromatic amines is 1. The Kier molecular flexibility index (Phi) is 3.47. The van der Waals surface area contributed by atoms with Crippen molar-refractivity contribution in [2.45, 2.75) is 13.3 Å². The third-order valence-electron chi connectivity index (χ3n) is 1.41. The molecule has 0 saturated heterocycles. The van der Waals surface area contributed by atoms with E-state index < -0.39 is 0 Å². The van der Waals surface area contributed by atoms with Crippen LogP contribution in [0.4, 0.5) is 0 Å². The van der Waals surface area contributed by atoms with E-state index in [1.807, 2.05) is 6.92 Å². The molecule has 1 aromatic heterocycles. The van der Waals surface area contributed by atoms with Crippen LogP contribution < -0.4 is 5.56 Å². The summed E-state index contributed by atoms with van der Waals surface area (Å²) in [5, 5.41) is 0. The Morgan fingerprint density at radius 3 is 3.17 bits per heavy atom. The molecule has 0 unspecified atom stereocenters. The smallest absolute Gasteiger partial charge is 0.250 e. The van der Waals surface area contributed by atoms with Crippen molar-refractivity contribution in [1.29, 1.82) is 0 Å². The van der Waals surface area contributed by atoms with Gasteiger partial charge in [0.05, 0.1) is 6.61 Å². The van der Waals surface area contributed by atoms with Gasteiger partial charge in [0.2, 0.25) is 0 Å². The van der Waals surface area contributed by atoms with Gasteiger partial charge < -0.3 is 9.72 Å². The molecule has 1 heterocycles. The summed E-state index contributed by atoms with van der Waals surface area (Å²) in [7, 11) is 0. The van der Waals surface area contributed by atoms with Crippen LogP contribution in [0.2, 0.25) is 0 Å². The van der Waals surface area contributed by atoms with Crippen LogP contribution >= 0.6 is 0 Å². The van der Waals surface area contributed by atoms with E-state index in [1.54, 1.807) is 0 Å². The molecule has 0 aromatic carbocycles. The monoisotopic (exact) mass is 168 g/mol. The highest BCUT2D eigenvalue weighted by molar-refractivity contribution is 4.89. The number of nitrogens with one attached hydrogen (secondary N) is 1. The maximum Gasteiger partial charge on any atom is 0.250 e. The second kappa shape index (κ2) is 4.66. The fourth-order valence-corrected chi connectivity index (χ4v) is 0.851. The summed E-state index contributed by atoms with van der Waals surface area (Å²) in [4.78, 5) is 17.4. The van der Waals surface area contributed by atoms with Crippen LogP contribution in [0.1, 0.15) is 12.7 Å². The molecule has 0 saturated carbocycles. The molecule has 0 aliphatic heterocycles. The van der Waals surface area contributed by atoms with E-state index in [9.17, 15) is 4.79 Å². The number of nitrogens with zero attached hydrogens (tertiary/aromatic N) is 1. The molecule has 1 N–H and O–H groups in total. The Balaban J connectivity index is 2.47. The average Bonchev–Trinajstić information content (AvgIpc) is 2.05. The molecule has 0 fully saturated rings. The first-order chi connectivity index (χ1) is 5.83. The lowest BCUT2D eigenvalue weighted by Gasteiger charge is -1.99. The van der Waals surface area contributed by atoms with Crippen LogP contribution in [0.25, 0.3) is 0 Å². The van der Waals surface area contributed by atoms with Gasteiger partial charge in [-0.25, -0.2) is 4.98 Å². The fraction of sp³-hybridized carbons (Fsp3) is 0.500. The summed E-state index contributed by atoms with van der Waals surface area (Å²) >= 11 is 0. The van der Waals surface area contributed by atoms with E-state index in [-0.39, 0.29) is 5.56 Å². The maximum absolute atomic E-state index is 10.8. The van der Waals surface area contributed by atoms with Gasteiger partial charge in [-0.15, -0.1) is 0 Å². The Morgan fingerprint density at radius 2 is 2.50 bits per heavy atom. The molecule has 4 heteroatoms. The van der Waals surface area contributed by atoms with Crippen molar-refractivity contribution in [3.63, 3.8) is 0 Å². The van der Waals surface area contributed by atoms with Gasteiger partial charge in [-0.3, -0.25) is 4.79 Å². The predicted molar refractivity (Wildman–Crippen MR) is 45.1 cm³/mol. The highest BCUT2D eigenvalue weighted by Crippen LogP contribution is 1.86. The van der Waals surface area contributed by atoms with Crippen LogP contribution in [-0.2, 0) is 11.2 Å². The molecule has 12 heavy (non-hydrogen) atoms. The SMILES string of the molecule is CCOCCc1nccc(=O)[nH]1. The molecular formula is C8H12N2O2. The largest absolute Gasteiger partial charge is 0.381 e. The molecule has 0 spiro atoms. The third kappa shape index (κ3) is 2.84. The zero-order chi connectivity index (χ0) is 8.81. The summed E-state index contributed by atoms with van der Waals surface area (Å²) in [5.41, 5.74) is -0.114. The van der Waals surface area contributed by atoms with Crippen molar-refractivity contribution >= 4 is 0 Å². The van der Waals surface area contributed by atoms with Crippen LogP contribution in [0.5, 0.6) is 0 Å². The van der Waals surface area contributed by atoms with Gasteiger partial charge in [-0.05, 0) is 6.92 Å². The molecule has 0 bridgehead atoms. The van der Waals surface area contributed by atoms with Gasteiger partial charge in [0.25, 0.3) is 5.56 Å². The van der Waals surface area contributed by atoms with Gasteiger partial charge in [-0.1, -0.05) is 0 Å². The Labute approximate surface area is 70.6 Å². The molecule has 1 aromatic rings. The maximum atomic E-state index is 10.8. The molecule has 0 radical (unpaired) electrons.